The lowest BCUT2D eigenvalue weighted by molar-refractivity contribution is 0.0988. The first-order valence-corrected chi connectivity index (χ1v) is 6.72. The minimum Gasteiger partial charge on any atom is -0.368 e. The van der Waals surface area contributed by atoms with Crippen LogP contribution in [0.25, 0.3) is 0 Å². The van der Waals surface area contributed by atoms with Crippen LogP contribution in [0.15, 0.2) is 36.7 Å². The number of pyridine rings is 2. The van der Waals surface area contributed by atoms with Crippen LogP contribution in [0.4, 0.5) is 16.0 Å². The monoisotopic (exact) mass is 288 g/mol. The van der Waals surface area contributed by atoms with Gasteiger partial charge >= 0.3 is 0 Å². The number of amides is 1. The molecule has 0 atom stereocenters. The molecule has 0 aliphatic carbocycles. The quantitative estimate of drug-likeness (QED) is 0.919. The number of nitrogens with one attached hydrogen (secondary N) is 1. The number of hydrogen-bond acceptors (Lipinski definition) is 4. The molecule has 1 amide bonds. The largest absolute Gasteiger partial charge is 0.368 e. The smallest absolute Gasteiger partial charge is 0.262 e. The average molecular weight is 288 g/mol. The predicted molar refractivity (Wildman–Crippen MR) is 79.9 cm³/mol. The molecule has 0 fully saturated rings. The molecule has 110 valence electrons. The molecule has 6 heteroatoms. The van der Waals surface area contributed by atoms with Crippen molar-refractivity contribution in [3.05, 3.63) is 48.0 Å². The molecule has 0 aromatic carbocycles. The fraction of sp³-hybridized carbons (Fsp3) is 0.267. The highest BCUT2D eigenvalue weighted by molar-refractivity contribution is 6.05. The van der Waals surface area contributed by atoms with E-state index in [0.717, 1.165) is 6.42 Å². The van der Waals surface area contributed by atoms with Crippen molar-refractivity contribution in [3.8, 4) is 0 Å². The third kappa shape index (κ3) is 3.34. The Bertz CT molecular complexity index is 618. The number of aromatic nitrogens is 2. The van der Waals surface area contributed by atoms with Crippen molar-refractivity contribution in [1.82, 2.24) is 9.97 Å². The van der Waals surface area contributed by atoms with Crippen molar-refractivity contribution in [2.24, 2.45) is 0 Å². The van der Waals surface area contributed by atoms with E-state index in [1.54, 1.807) is 31.4 Å². The van der Waals surface area contributed by atoms with E-state index in [4.69, 9.17) is 0 Å². The molecular weight excluding hydrogens is 271 g/mol. The second-order valence-corrected chi connectivity index (χ2v) is 4.50. The Hall–Kier alpha value is -2.50. The summed E-state index contributed by atoms with van der Waals surface area (Å²) in [5.41, 5.74) is -0.0308. The number of carbonyl (C=O) groups excluding carboxylic acids is 1. The molecule has 21 heavy (non-hydrogen) atoms. The molecule has 2 aromatic heterocycles. The summed E-state index contributed by atoms with van der Waals surface area (Å²) in [6.07, 6.45) is 3.84. The summed E-state index contributed by atoms with van der Waals surface area (Å²) < 4.78 is 14.3. The highest BCUT2D eigenvalue weighted by Gasteiger charge is 2.20. The van der Waals surface area contributed by atoms with Crippen LogP contribution >= 0.6 is 0 Å². The molecule has 0 bridgehead atoms. The lowest BCUT2D eigenvalue weighted by Gasteiger charge is -2.17. The van der Waals surface area contributed by atoms with E-state index in [1.165, 1.54) is 17.2 Å². The van der Waals surface area contributed by atoms with Crippen LogP contribution in [0.5, 0.6) is 0 Å². The molecule has 5 nitrogen and oxygen atoms in total. The number of hydrogen-bond donors (Lipinski definition) is 1. The number of anilines is 2. The maximum absolute atomic E-state index is 14.3. The van der Waals surface area contributed by atoms with E-state index in [2.05, 4.69) is 15.3 Å². The second kappa shape index (κ2) is 6.78. The summed E-state index contributed by atoms with van der Waals surface area (Å²) in [5, 5.41) is 2.86. The maximum atomic E-state index is 14.3. The van der Waals surface area contributed by atoms with Crippen molar-refractivity contribution >= 4 is 17.5 Å². The highest BCUT2D eigenvalue weighted by Crippen LogP contribution is 2.18. The van der Waals surface area contributed by atoms with Crippen molar-refractivity contribution in [3.63, 3.8) is 0 Å². The summed E-state index contributed by atoms with van der Waals surface area (Å²) >= 11 is 0. The van der Waals surface area contributed by atoms with Gasteiger partial charge in [0.05, 0.1) is 5.56 Å². The van der Waals surface area contributed by atoms with Gasteiger partial charge in [-0.15, -0.1) is 0 Å². The summed E-state index contributed by atoms with van der Waals surface area (Å²) in [6.45, 7) is 2.56. The molecule has 2 rings (SSSR count). The molecular formula is C15H17FN4O. The number of halogens is 1. The van der Waals surface area contributed by atoms with Gasteiger partial charge in [-0.05, 0) is 24.6 Å². The van der Waals surface area contributed by atoms with Crippen LogP contribution in [0.1, 0.15) is 23.7 Å². The molecule has 0 aliphatic heterocycles. The summed E-state index contributed by atoms with van der Waals surface area (Å²) in [4.78, 5) is 21.7. The fourth-order valence-electron chi connectivity index (χ4n) is 1.81. The lowest BCUT2D eigenvalue weighted by Crippen LogP contribution is -2.28. The molecule has 0 saturated heterocycles. The van der Waals surface area contributed by atoms with Gasteiger partial charge in [0.25, 0.3) is 5.91 Å². The Kier molecular flexibility index (Phi) is 4.81. The van der Waals surface area contributed by atoms with Crippen LogP contribution in [-0.4, -0.2) is 29.5 Å². The van der Waals surface area contributed by atoms with Crippen LogP contribution in [-0.2, 0) is 0 Å². The first-order valence-electron chi connectivity index (χ1n) is 6.72. The SMILES string of the molecule is CCCNc1nccc(C(=O)N(C)c2ccccn2)c1F. The van der Waals surface area contributed by atoms with Gasteiger partial charge < -0.3 is 5.32 Å². The van der Waals surface area contributed by atoms with Gasteiger partial charge in [-0.25, -0.2) is 14.4 Å². The van der Waals surface area contributed by atoms with Crippen LogP contribution < -0.4 is 10.2 Å². The fourth-order valence-corrected chi connectivity index (χ4v) is 1.81. The van der Waals surface area contributed by atoms with Crippen molar-refractivity contribution in [2.75, 3.05) is 23.8 Å². The third-order valence-electron chi connectivity index (χ3n) is 2.96. The van der Waals surface area contributed by atoms with Crippen LogP contribution in [0, 0.1) is 5.82 Å². The molecule has 0 saturated carbocycles. The third-order valence-corrected chi connectivity index (χ3v) is 2.96. The zero-order valence-electron chi connectivity index (χ0n) is 12.0. The summed E-state index contributed by atoms with van der Waals surface area (Å²) in [5.74, 6) is -0.550. The van der Waals surface area contributed by atoms with E-state index < -0.39 is 11.7 Å². The predicted octanol–water partition coefficient (Wildman–Crippen LogP) is 2.71. The molecule has 1 N–H and O–H groups in total. The Balaban J connectivity index is 2.27. The number of carbonyl (C=O) groups is 1. The minimum absolute atomic E-state index is 0.0308. The number of nitrogens with zero attached hydrogens (tertiary/aromatic N) is 3. The van der Waals surface area contributed by atoms with Gasteiger partial charge in [0.2, 0.25) is 0 Å². The van der Waals surface area contributed by atoms with Crippen LogP contribution in [0.3, 0.4) is 0 Å². The van der Waals surface area contributed by atoms with E-state index in [0.29, 0.717) is 12.4 Å². The normalized spacial score (nSPS) is 10.2. The first-order chi connectivity index (χ1) is 10.1. The van der Waals surface area contributed by atoms with Gasteiger partial charge in [-0.2, -0.15) is 0 Å². The Labute approximate surface area is 122 Å². The highest BCUT2D eigenvalue weighted by atomic mass is 19.1. The molecule has 0 radical (unpaired) electrons. The van der Waals surface area contributed by atoms with Crippen LogP contribution in [0.2, 0.25) is 0 Å². The standard InChI is InChI=1S/C15H17FN4O/c1-3-8-18-14-13(16)11(7-10-19-14)15(21)20(2)12-6-4-5-9-17-12/h4-7,9-10H,3,8H2,1-2H3,(H,18,19). The first kappa shape index (κ1) is 14.9. The minimum atomic E-state index is -0.640. The average Bonchev–Trinajstić information content (AvgIpc) is 2.53. The maximum Gasteiger partial charge on any atom is 0.262 e. The zero-order chi connectivity index (χ0) is 15.2. The van der Waals surface area contributed by atoms with Gasteiger partial charge in [0, 0.05) is 26.0 Å². The van der Waals surface area contributed by atoms with Gasteiger partial charge in [-0.3, -0.25) is 9.69 Å². The van der Waals surface area contributed by atoms with E-state index >= 15 is 0 Å². The Morgan fingerprint density at radius 2 is 2.10 bits per heavy atom. The van der Waals surface area contributed by atoms with Gasteiger partial charge in [-0.1, -0.05) is 13.0 Å². The summed E-state index contributed by atoms with van der Waals surface area (Å²) in [6, 6.07) is 6.58. The van der Waals surface area contributed by atoms with E-state index in [9.17, 15) is 9.18 Å². The Morgan fingerprint density at radius 3 is 2.76 bits per heavy atom. The lowest BCUT2D eigenvalue weighted by atomic mass is 10.2. The van der Waals surface area contributed by atoms with Gasteiger partial charge in [0.15, 0.2) is 11.6 Å². The molecule has 0 unspecified atom stereocenters. The van der Waals surface area contributed by atoms with Gasteiger partial charge in [0.1, 0.15) is 5.82 Å². The molecule has 2 aromatic rings. The van der Waals surface area contributed by atoms with E-state index in [1.807, 2.05) is 6.92 Å². The summed E-state index contributed by atoms with van der Waals surface area (Å²) in [7, 11) is 1.56. The van der Waals surface area contributed by atoms with Crippen molar-refractivity contribution in [1.29, 1.82) is 0 Å². The molecule has 2 heterocycles. The topological polar surface area (TPSA) is 58.1 Å². The zero-order valence-corrected chi connectivity index (χ0v) is 12.0. The van der Waals surface area contributed by atoms with Crippen molar-refractivity contribution in [2.45, 2.75) is 13.3 Å². The Morgan fingerprint density at radius 1 is 1.29 bits per heavy atom. The second-order valence-electron chi connectivity index (χ2n) is 4.50. The molecule has 0 aliphatic rings. The van der Waals surface area contributed by atoms with E-state index in [-0.39, 0.29) is 11.4 Å². The molecule has 0 spiro atoms. The number of rotatable bonds is 5. The van der Waals surface area contributed by atoms with Crippen molar-refractivity contribution < 1.29 is 9.18 Å².